The van der Waals surface area contributed by atoms with Gasteiger partial charge in [-0.25, -0.2) is 0 Å². The molecule has 0 N–H and O–H groups in total. The van der Waals surface area contributed by atoms with Crippen LogP contribution in [0.2, 0.25) is 0 Å². The van der Waals surface area contributed by atoms with Gasteiger partial charge in [0.15, 0.2) is 0 Å². The van der Waals surface area contributed by atoms with Gasteiger partial charge in [-0.3, -0.25) is 0 Å². The summed E-state index contributed by atoms with van der Waals surface area (Å²) in [5.74, 6) is 0. The Labute approximate surface area is 46.1 Å². The summed E-state index contributed by atoms with van der Waals surface area (Å²) in [5, 5.41) is 0. The van der Waals surface area contributed by atoms with E-state index in [0.29, 0.717) is 0 Å². The Morgan fingerprint density at radius 1 is 1.33 bits per heavy atom. The minimum atomic E-state index is -0.532. The lowest BCUT2D eigenvalue weighted by Gasteiger charge is -2.04. The van der Waals surface area contributed by atoms with Gasteiger partial charge in [0, 0.05) is 27.3 Å². The van der Waals surface area contributed by atoms with Gasteiger partial charge >= 0.3 is 0 Å². The van der Waals surface area contributed by atoms with E-state index in [1.807, 2.05) is 0 Å². The summed E-state index contributed by atoms with van der Waals surface area (Å²) in [6, 6.07) is 0. The van der Waals surface area contributed by atoms with Crippen LogP contribution in [0, 0.1) is 0 Å². The molecule has 0 saturated carbocycles. The highest BCUT2D eigenvalue weighted by atomic mass is 32.1. The van der Waals surface area contributed by atoms with E-state index in [1.54, 1.807) is 0 Å². The molecule has 0 aromatic carbocycles. The van der Waals surface area contributed by atoms with Crippen LogP contribution in [0.25, 0.3) is 0 Å². The first-order valence-corrected chi connectivity index (χ1v) is 5.92. The van der Waals surface area contributed by atoms with Gasteiger partial charge < -0.3 is 0 Å². The van der Waals surface area contributed by atoms with E-state index < -0.39 is 7.26 Å². The molecule has 0 heterocycles. The first-order chi connectivity index (χ1) is 2.56. The molecule has 0 amide bonds. The second-order valence-corrected chi connectivity index (χ2v) is 8.14. The highest BCUT2D eigenvalue weighted by Gasteiger charge is 2.11. The smallest absolute Gasteiger partial charge is 0.101 e. The Bertz CT molecular complexity index is 37.3. The molecular weight excluding hydrogens is 111 g/mol. The highest BCUT2D eigenvalue weighted by Crippen LogP contribution is 2.46. The van der Waals surface area contributed by atoms with Crippen molar-refractivity contribution in [3.05, 3.63) is 0 Å². The van der Waals surface area contributed by atoms with Crippen molar-refractivity contribution >= 4 is 19.9 Å². The van der Waals surface area contributed by atoms with Crippen molar-refractivity contribution < 1.29 is 0 Å². The Balaban J connectivity index is 3.17. The molecule has 38 valence electrons. The SMILES string of the molecule is C[P+](C)(C)CS. The quantitative estimate of drug-likeness (QED) is 0.399. The molecule has 0 spiro atoms. The molecular formula is C4H12PS+. The van der Waals surface area contributed by atoms with Gasteiger partial charge in [0.05, 0.1) is 0 Å². The minimum Gasteiger partial charge on any atom is -0.139 e. The fourth-order valence-corrected chi connectivity index (χ4v) is 0. The Hall–Kier alpha value is 0.780. The fraction of sp³-hybridized carbons (Fsp3) is 1.00. The van der Waals surface area contributed by atoms with Crippen LogP contribution >= 0.6 is 19.9 Å². The molecule has 0 nitrogen and oxygen atoms in total. The molecule has 0 atom stereocenters. The third-order valence-electron chi connectivity index (χ3n) is 0.424. The topological polar surface area (TPSA) is 0 Å². The molecule has 6 heavy (non-hydrogen) atoms. The standard InChI is InChI=1S/C4H11PS/c1-5(2,3)4-6/h4H2,1-3H3/p+1. The number of thiol groups is 1. The number of rotatable bonds is 1. The summed E-state index contributed by atoms with van der Waals surface area (Å²) in [6.45, 7) is 6.83. The lowest BCUT2D eigenvalue weighted by Crippen LogP contribution is -1.82. The van der Waals surface area contributed by atoms with Crippen LogP contribution in [-0.2, 0) is 0 Å². The zero-order chi connectivity index (χ0) is 5.21. The van der Waals surface area contributed by atoms with Gasteiger partial charge in [0.1, 0.15) is 5.49 Å². The summed E-state index contributed by atoms with van der Waals surface area (Å²) in [7, 11) is -0.532. The van der Waals surface area contributed by atoms with Gasteiger partial charge in [-0.15, -0.1) is 12.6 Å². The Morgan fingerprint density at radius 2 is 1.50 bits per heavy atom. The van der Waals surface area contributed by atoms with Crippen molar-refractivity contribution in [2.75, 3.05) is 25.5 Å². The van der Waals surface area contributed by atoms with E-state index in [0.717, 1.165) is 5.49 Å². The summed E-state index contributed by atoms with van der Waals surface area (Å²) < 4.78 is 0. The molecule has 2 heteroatoms. The fourth-order valence-electron chi connectivity index (χ4n) is 0. The molecule has 0 fully saturated rings. The second-order valence-electron chi connectivity index (χ2n) is 2.43. The van der Waals surface area contributed by atoms with Crippen LogP contribution in [0.3, 0.4) is 0 Å². The maximum Gasteiger partial charge on any atom is 0.101 e. The summed E-state index contributed by atoms with van der Waals surface area (Å²) in [5.41, 5.74) is 1.08. The second kappa shape index (κ2) is 2.18. The van der Waals surface area contributed by atoms with Gasteiger partial charge in [0.25, 0.3) is 0 Å². The zero-order valence-electron chi connectivity index (χ0n) is 4.60. The van der Waals surface area contributed by atoms with E-state index in [9.17, 15) is 0 Å². The van der Waals surface area contributed by atoms with Gasteiger partial charge in [-0.1, -0.05) is 0 Å². The molecule has 0 aromatic heterocycles. The summed E-state index contributed by atoms with van der Waals surface area (Å²) in [6.07, 6.45) is 0. The Morgan fingerprint density at radius 3 is 1.50 bits per heavy atom. The van der Waals surface area contributed by atoms with Crippen LogP contribution in [-0.4, -0.2) is 25.5 Å². The van der Waals surface area contributed by atoms with Crippen molar-refractivity contribution in [3.63, 3.8) is 0 Å². The maximum absolute atomic E-state index is 4.15. The van der Waals surface area contributed by atoms with Gasteiger partial charge in [-0.2, -0.15) is 0 Å². The summed E-state index contributed by atoms with van der Waals surface area (Å²) >= 11 is 4.15. The largest absolute Gasteiger partial charge is 0.139 e. The summed E-state index contributed by atoms with van der Waals surface area (Å²) in [4.78, 5) is 0. The van der Waals surface area contributed by atoms with Crippen LogP contribution in [0.1, 0.15) is 0 Å². The lowest BCUT2D eigenvalue weighted by molar-refractivity contribution is 1.91. The van der Waals surface area contributed by atoms with Crippen LogP contribution in [0.15, 0.2) is 0 Å². The first kappa shape index (κ1) is 6.78. The van der Waals surface area contributed by atoms with Crippen molar-refractivity contribution in [1.29, 1.82) is 0 Å². The van der Waals surface area contributed by atoms with Crippen molar-refractivity contribution in [3.8, 4) is 0 Å². The number of hydrogen-bond donors (Lipinski definition) is 1. The third-order valence-corrected chi connectivity index (χ3v) is 3.82. The van der Waals surface area contributed by atoms with Crippen molar-refractivity contribution in [1.82, 2.24) is 0 Å². The van der Waals surface area contributed by atoms with E-state index in [4.69, 9.17) is 0 Å². The predicted molar refractivity (Wildman–Crippen MR) is 38.5 cm³/mol. The molecule has 0 aliphatic rings. The molecule has 0 unspecified atom stereocenters. The zero-order valence-corrected chi connectivity index (χ0v) is 6.39. The minimum absolute atomic E-state index is 0.532. The van der Waals surface area contributed by atoms with Crippen molar-refractivity contribution in [2.45, 2.75) is 0 Å². The van der Waals surface area contributed by atoms with E-state index in [2.05, 4.69) is 32.6 Å². The van der Waals surface area contributed by atoms with Crippen LogP contribution in [0.4, 0.5) is 0 Å². The molecule has 0 bridgehead atoms. The molecule has 0 radical (unpaired) electrons. The average Bonchev–Trinajstić information content (AvgIpc) is 1.35. The number of hydrogen-bond acceptors (Lipinski definition) is 1. The maximum atomic E-state index is 4.15. The van der Waals surface area contributed by atoms with Crippen LogP contribution < -0.4 is 0 Å². The molecule has 0 aliphatic carbocycles. The van der Waals surface area contributed by atoms with Gasteiger partial charge in [-0.05, 0) is 0 Å². The van der Waals surface area contributed by atoms with Crippen molar-refractivity contribution in [2.24, 2.45) is 0 Å². The molecule has 0 saturated heterocycles. The first-order valence-electron chi connectivity index (χ1n) is 1.97. The highest BCUT2D eigenvalue weighted by molar-refractivity contribution is 7.94. The van der Waals surface area contributed by atoms with Crippen LogP contribution in [0.5, 0.6) is 0 Å². The molecule has 0 rings (SSSR count). The van der Waals surface area contributed by atoms with E-state index >= 15 is 0 Å². The lowest BCUT2D eigenvalue weighted by atomic mass is 11.8. The predicted octanol–water partition coefficient (Wildman–Crippen LogP) is 1.78. The van der Waals surface area contributed by atoms with E-state index in [-0.39, 0.29) is 0 Å². The average molecular weight is 123 g/mol. The van der Waals surface area contributed by atoms with E-state index in [1.165, 1.54) is 0 Å². The third kappa shape index (κ3) is 4.78. The monoisotopic (exact) mass is 123 g/mol. The molecule has 0 aliphatic heterocycles. The normalized spacial score (nSPS) is 12.0. The Kier molecular flexibility index (Phi) is 2.47. The van der Waals surface area contributed by atoms with Gasteiger partial charge in [0.2, 0.25) is 0 Å². The molecule has 0 aromatic rings.